The highest BCUT2D eigenvalue weighted by Gasteiger charge is 2.25. The molecule has 1 fully saturated rings. The molecule has 0 atom stereocenters. The van der Waals surface area contributed by atoms with Crippen LogP contribution in [0.2, 0.25) is 0 Å². The SMILES string of the molecule is Cc1ccc2nc(CNC(=O)C3CCN(Cc4ccc5[nH]ccc5c4)CC3)[nH]c2c1. The van der Waals surface area contributed by atoms with E-state index >= 15 is 0 Å². The molecule has 30 heavy (non-hydrogen) atoms. The van der Waals surface area contributed by atoms with Gasteiger partial charge >= 0.3 is 0 Å². The second kappa shape index (κ2) is 7.95. The van der Waals surface area contributed by atoms with Gasteiger partial charge < -0.3 is 15.3 Å². The van der Waals surface area contributed by atoms with Crippen molar-refractivity contribution in [3.63, 3.8) is 0 Å². The number of aryl methyl sites for hydroxylation is 1. The van der Waals surface area contributed by atoms with Crippen molar-refractivity contribution in [2.75, 3.05) is 13.1 Å². The van der Waals surface area contributed by atoms with E-state index in [1.54, 1.807) is 0 Å². The lowest BCUT2D eigenvalue weighted by Gasteiger charge is -2.31. The molecule has 0 radical (unpaired) electrons. The van der Waals surface area contributed by atoms with Crippen LogP contribution in [0.5, 0.6) is 0 Å². The Bertz CT molecular complexity index is 1180. The molecule has 1 amide bonds. The van der Waals surface area contributed by atoms with E-state index in [1.807, 2.05) is 12.3 Å². The van der Waals surface area contributed by atoms with E-state index in [2.05, 4.69) is 68.5 Å². The molecule has 0 bridgehead atoms. The molecule has 0 saturated carbocycles. The largest absolute Gasteiger partial charge is 0.361 e. The molecule has 6 nitrogen and oxygen atoms in total. The van der Waals surface area contributed by atoms with E-state index in [9.17, 15) is 4.79 Å². The van der Waals surface area contributed by atoms with E-state index in [-0.39, 0.29) is 11.8 Å². The van der Waals surface area contributed by atoms with Crippen molar-refractivity contribution in [2.24, 2.45) is 5.92 Å². The smallest absolute Gasteiger partial charge is 0.223 e. The van der Waals surface area contributed by atoms with Crippen molar-refractivity contribution in [1.82, 2.24) is 25.2 Å². The van der Waals surface area contributed by atoms with Crippen LogP contribution < -0.4 is 5.32 Å². The highest BCUT2D eigenvalue weighted by Crippen LogP contribution is 2.21. The number of rotatable bonds is 5. The number of nitrogens with zero attached hydrogens (tertiary/aromatic N) is 2. The number of carbonyl (C=O) groups is 1. The number of aromatic amines is 2. The lowest BCUT2D eigenvalue weighted by atomic mass is 9.95. The number of imidazole rings is 1. The summed E-state index contributed by atoms with van der Waals surface area (Å²) in [5.74, 6) is 1.03. The summed E-state index contributed by atoms with van der Waals surface area (Å²) in [7, 11) is 0. The van der Waals surface area contributed by atoms with Crippen molar-refractivity contribution < 1.29 is 4.79 Å². The van der Waals surface area contributed by atoms with Gasteiger partial charge in [-0.1, -0.05) is 12.1 Å². The standard InChI is InChI=1S/C24H27N5O/c1-16-2-4-21-22(12-16)28-23(27-21)14-26-24(30)18-7-10-29(11-8-18)15-17-3-5-20-19(13-17)6-9-25-20/h2-6,9,12-13,18,25H,7-8,10-11,14-15H2,1H3,(H,26,30)(H,27,28). The lowest BCUT2D eigenvalue weighted by molar-refractivity contribution is -0.126. The van der Waals surface area contributed by atoms with Gasteiger partial charge in [0.25, 0.3) is 0 Å². The van der Waals surface area contributed by atoms with Crippen LogP contribution in [0.25, 0.3) is 21.9 Å². The Morgan fingerprint density at radius 1 is 1.13 bits per heavy atom. The molecule has 0 aliphatic carbocycles. The van der Waals surface area contributed by atoms with Crippen molar-refractivity contribution in [3.05, 3.63) is 65.6 Å². The Morgan fingerprint density at radius 3 is 2.87 bits per heavy atom. The number of fused-ring (bicyclic) bond motifs is 2. The molecule has 1 aliphatic heterocycles. The van der Waals surface area contributed by atoms with Crippen LogP contribution in [0.3, 0.4) is 0 Å². The molecule has 0 unspecified atom stereocenters. The zero-order valence-corrected chi connectivity index (χ0v) is 17.2. The molecule has 1 aliphatic rings. The molecule has 2 aromatic carbocycles. The summed E-state index contributed by atoms with van der Waals surface area (Å²) in [5.41, 5.74) is 5.65. The van der Waals surface area contributed by atoms with E-state index in [0.717, 1.165) is 49.3 Å². The van der Waals surface area contributed by atoms with Gasteiger partial charge in [0, 0.05) is 24.2 Å². The van der Waals surface area contributed by atoms with Gasteiger partial charge in [-0.2, -0.15) is 0 Å². The van der Waals surface area contributed by atoms with Crippen LogP contribution in [0.1, 0.15) is 29.8 Å². The topological polar surface area (TPSA) is 76.8 Å². The molecular formula is C24H27N5O. The van der Waals surface area contributed by atoms with E-state index < -0.39 is 0 Å². The third kappa shape index (κ3) is 3.96. The molecule has 0 spiro atoms. The number of hydrogen-bond acceptors (Lipinski definition) is 3. The minimum atomic E-state index is 0.0834. The van der Waals surface area contributed by atoms with Crippen LogP contribution in [0.4, 0.5) is 0 Å². The summed E-state index contributed by atoms with van der Waals surface area (Å²) < 4.78 is 0. The first kappa shape index (κ1) is 18.9. The molecule has 1 saturated heterocycles. The fourth-order valence-electron chi connectivity index (χ4n) is 4.39. The summed E-state index contributed by atoms with van der Waals surface area (Å²) in [6, 6.07) is 14.8. The third-order valence-electron chi connectivity index (χ3n) is 6.10. The van der Waals surface area contributed by atoms with Gasteiger partial charge in [0.1, 0.15) is 5.82 Å². The number of amides is 1. The number of likely N-dealkylation sites (tertiary alicyclic amines) is 1. The minimum Gasteiger partial charge on any atom is -0.361 e. The monoisotopic (exact) mass is 401 g/mol. The fraction of sp³-hybridized carbons (Fsp3) is 0.333. The van der Waals surface area contributed by atoms with Crippen LogP contribution >= 0.6 is 0 Å². The summed E-state index contributed by atoms with van der Waals surface area (Å²) in [6.45, 7) is 5.35. The zero-order valence-electron chi connectivity index (χ0n) is 17.2. The first-order valence-corrected chi connectivity index (χ1v) is 10.7. The minimum absolute atomic E-state index is 0.0834. The van der Waals surface area contributed by atoms with Crippen molar-refractivity contribution in [3.8, 4) is 0 Å². The maximum atomic E-state index is 12.6. The Balaban J connectivity index is 1.12. The molecule has 4 aromatic rings. The number of benzene rings is 2. The Morgan fingerprint density at radius 2 is 2.00 bits per heavy atom. The predicted molar refractivity (Wildman–Crippen MR) is 119 cm³/mol. The van der Waals surface area contributed by atoms with E-state index in [1.165, 1.54) is 22.0 Å². The first-order valence-electron chi connectivity index (χ1n) is 10.7. The maximum Gasteiger partial charge on any atom is 0.223 e. The summed E-state index contributed by atoms with van der Waals surface area (Å²) in [5, 5.41) is 4.32. The highest BCUT2D eigenvalue weighted by atomic mass is 16.1. The number of nitrogens with one attached hydrogen (secondary N) is 3. The van der Waals surface area contributed by atoms with Crippen LogP contribution in [0, 0.1) is 12.8 Å². The van der Waals surface area contributed by atoms with Gasteiger partial charge in [0.2, 0.25) is 5.91 Å². The summed E-state index contributed by atoms with van der Waals surface area (Å²) >= 11 is 0. The number of aromatic nitrogens is 3. The van der Waals surface area contributed by atoms with Crippen LogP contribution in [0.15, 0.2) is 48.7 Å². The van der Waals surface area contributed by atoms with E-state index in [0.29, 0.717) is 6.54 Å². The normalized spacial score (nSPS) is 15.8. The zero-order chi connectivity index (χ0) is 20.5. The number of H-pyrrole nitrogens is 2. The van der Waals surface area contributed by atoms with E-state index in [4.69, 9.17) is 0 Å². The van der Waals surface area contributed by atoms with Gasteiger partial charge in [-0.3, -0.25) is 9.69 Å². The molecule has 2 aromatic heterocycles. The Labute approximate surface area is 175 Å². The summed E-state index contributed by atoms with van der Waals surface area (Å²) in [6.07, 6.45) is 3.78. The van der Waals surface area contributed by atoms with Crippen molar-refractivity contribution in [2.45, 2.75) is 32.9 Å². The van der Waals surface area contributed by atoms with Gasteiger partial charge in [-0.05, 0) is 79.7 Å². The molecule has 5 rings (SSSR count). The van der Waals surface area contributed by atoms with Gasteiger partial charge in [0.05, 0.1) is 17.6 Å². The molecule has 3 heterocycles. The lowest BCUT2D eigenvalue weighted by Crippen LogP contribution is -2.40. The number of hydrogen-bond donors (Lipinski definition) is 3. The summed E-state index contributed by atoms with van der Waals surface area (Å²) in [4.78, 5) is 26.2. The third-order valence-corrected chi connectivity index (χ3v) is 6.10. The van der Waals surface area contributed by atoms with Gasteiger partial charge in [-0.25, -0.2) is 4.98 Å². The van der Waals surface area contributed by atoms with Crippen LogP contribution in [-0.4, -0.2) is 38.8 Å². The number of piperidine rings is 1. The van der Waals surface area contributed by atoms with Crippen LogP contribution in [-0.2, 0) is 17.9 Å². The molecular weight excluding hydrogens is 374 g/mol. The van der Waals surface area contributed by atoms with Crippen molar-refractivity contribution in [1.29, 1.82) is 0 Å². The van der Waals surface area contributed by atoms with Crippen molar-refractivity contribution >= 4 is 27.8 Å². The second-order valence-electron chi connectivity index (χ2n) is 8.37. The Kier molecular flexibility index (Phi) is 5.01. The second-order valence-corrected chi connectivity index (χ2v) is 8.37. The highest BCUT2D eigenvalue weighted by molar-refractivity contribution is 5.80. The predicted octanol–water partition coefficient (Wildman–Crippen LogP) is 3.88. The fourth-order valence-corrected chi connectivity index (χ4v) is 4.39. The molecule has 3 N–H and O–H groups in total. The Hall–Kier alpha value is -3.12. The maximum absolute atomic E-state index is 12.6. The first-order chi connectivity index (χ1) is 14.6. The molecule has 6 heteroatoms. The average Bonchev–Trinajstić information content (AvgIpc) is 3.38. The van der Waals surface area contributed by atoms with Gasteiger partial charge in [-0.15, -0.1) is 0 Å². The number of carbonyl (C=O) groups excluding carboxylic acids is 1. The molecule has 154 valence electrons. The van der Waals surface area contributed by atoms with Gasteiger partial charge in [0.15, 0.2) is 0 Å². The quantitative estimate of drug-likeness (QED) is 0.475. The average molecular weight is 402 g/mol.